The van der Waals surface area contributed by atoms with Crippen LogP contribution in [0.15, 0.2) is 84.9 Å². The van der Waals surface area contributed by atoms with Crippen LogP contribution >= 0.6 is 0 Å². The number of unbranched alkanes of at least 4 members (excludes halogenated alkanes) is 26. The van der Waals surface area contributed by atoms with Crippen molar-refractivity contribution in [1.82, 2.24) is 0 Å². The molecule has 0 atom stereocenters. The summed E-state index contributed by atoms with van der Waals surface area (Å²) < 4.78 is 17.4. The van der Waals surface area contributed by atoms with E-state index in [-0.39, 0.29) is 5.78 Å². The standard InChI is InChI=1S/C56H82O5/c1-3-5-7-9-11-13-15-17-18-19-20-22-24-26-28-30-47-60-53-42-36-50(37-43-53)39-45-56(58)61-54-33-31-32-51(48-54)55(57)44-38-49-34-40-52(41-35-49)59-46-29-27-25-23-21-16-14-12-10-8-6-4-2/h31-45,48H,3-30,46-47H2,1-2H3/b44-38+,45-39+. The van der Waals surface area contributed by atoms with Crippen LogP contribution in [0.5, 0.6) is 17.2 Å². The van der Waals surface area contributed by atoms with Crippen molar-refractivity contribution in [3.05, 3.63) is 102 Å². The molecule has 0 aliphatic heterocycles. The minimum absolute atomic E-state index is 0.169. The molecule has 3 aromatic carbocycles. The van der Waals surface area contributed by atoms with Crippen LogP contribution in [0.3, 0.4) is 0 Å². The molecule has 0 spiro atoms. The van der Waals surface area contributed by atoms with Gasteiger partial charge in [0.1, 0.15) is 17.2 Å². The second-order valence-electron chi connectivity index (χ2n) is 17.0. The number of ketones is 1. The highest BCUT2D eigenvalue weighted by molar-refractivity contribution is 6.07. The van der Waals surface area contributed by atoms with Crippen molar-refractivity contribution in [2.75, 3.05) is 13.2 Å². The number of carbonyl (C=O) groups is 2. The molecule has 0 amide bonds. The van der Waals surface area contributed by atoms with Crippen molar-refractivity contribution in [3.63, 3.8) is 0 Å². The Morgan fingerprint density at radius 3 is 1.16 bits per heavy atom. The lowest BCUT2D eigenvalue weighted by molar-refractivity contribution is -0.128. The molecule has 0 unspecified atom stereocenters. The van der Waals surface area contributed by atoms with E-state index < -0.39 is 5.97 Å². The average molecular weight is 835 g/mol. The lowest BCUT2D eigenvalue weighted by atomic mass is 10.0. The Morgan fingerprint density at radius 2 is 0.770 bits per heavy atom. The molecule has 0 bridgehead atoms. The third-order valence-corrected chi connectivity index (χ3v) is 11.5. The maximum atomic E-state index is 12.9. The summed E-state index contributed by atoms with van der Waals surface area (Å²) in [6.45, 7) is 6.00. The molecule has 336 valence electrons. The molecule has 5 heteroatoms. The van der Waals surface area contributed by atoms with E-state index in [9.17, 15) is 9.59 Å². The summed E-state index contributed by atoms with van der Waals surface area (Å²) in [6.07, 6.45) is 44.1. The largest absolute Gasteiger partial charge is 0.494 e. The van der Waals surface area contributed by atoms with E-state index in [1.54, 1.807) is 36.4 Å². The van der Waals surface area contributed by atoms with E-state index >= 15 is 0 Å². The lowest BCUT2D eigenvalue weighted by Crippen LogP contribution is -2.04. The van der Waals surface area contributed by atoms with Gasteiger partial charge in [0.05, 0.1) is 13.2 Å². The highest BCUT2D eigenvalue weighted by Gasteiger charge is 2.07. The van der Waals surface area contributed by atoms with Crippen LogP contribution in [0.25, 0.3) is 12.2 Å². The van der Waals surface area contributed by atoms with Gasteiger partial charge >= 0.3 is 5.97 Å². The van der Waals surface area contributed by atoms with E-state index in [0.717, 1.165) is 48.7 Å². The molecule has 0 heterocycles. The van der Waals surface area contributed by atoms with E-state index in [2.05, 4.69) is 13.8 Å². The van der Waals surface area contributed by atoms with Gasteiger partial charge < -0.3 is 14.2 Å². The summed E-state index contributed by atoms with van der Waals surface area (Å²) in [7, 11) is 0. The molecule has 0 aromatic heterocycles. The van der Waals surface area contributed by atoms with Gasteiger partial charge in [-0.3, -0.25) is 4.79 Å². The first-order valence-electron chi connectivity index (χ1n) is 24.8. The summed E-state index contributed by atoms with van der Waals surface area (Å²) >= 11 is 0. The fourth-order valence-electron chi connectivity index (χ4n) is 7.62. The summed E-state index contributed by atoms with van der Waals surface area (Å²) in [5, 5.41) is 0. The maximum absolute atomic E-state index is 12.9. The molecular weight excluding hydrogens is 753 g/mol. The van der Waals surface area contributed by atoms with Gasteiger partial charge in [0.15, 0.2) is 5.78 Å². The highest BCUT2D eigenvalue weighted by atomic mass is 16.5. The maximum Gasteiger partial charge on any atom is 0.336 e. The van der Waals surface area contributed by atoms with Crippen LogP contribution in [-0.2, 0) is 4.79 Å². The Morgan fingerprint density at radius 1 is 0.410 bits per heavy atom. The summed E-state index contributed by atoms with van der Waals surface area (Å²) in [6, 6.07) is 22.2. The highest BCUT2D eigenvalue weighted by Crippen LogP contribution is 2.20. The van der Waals surface area contributed by atoms with Crippen molar-refractivity contribution < 1.29 is 23.8 Å². The van der Waals surface area contributed by atoms with Crippen molar-refractivity contribution in [2.24, 2.45) is 0 Å². The Balaban J connectivity index is 1.22. The van der Waals surface area contributed by atoms with Crippen LogP contribution < -0.4 is 14.2 Å². The molecule has 0 saturated carbocycles. The van der Waals surface area contributed by atoms with Crippen molar-refractivity contribution in [1.29, 1.82) is 0 Å². The summed E-state index contributed by atoms with van der Waals surface area (Å²) in [5.74, 6) is 1.32. The van der Waals surface area contributed by atoms with Crippen LogP contribution in [0, 0.1) is 0 Å². The van der Waals surface area contributed by atoms with Gasteiger partial charge in [-0.25, -0.2) is 4.79 Å². The number of ether oxygens (including phenoxy) is 3. The topological polar surface area (TPSA) is 61.8 Å². The normalized spacial score (nSPS) is 11.4. The Labute approximate surface area is 372 Å². The summed E-state index contributed by atoms with van der Waals surface area (Å²) in [4.78, 5) is 25.5. The van der Waals surface area contributed by atoms with E-state index in [1.807, 2.05) is 48.5 Å². The second kappa shape index (κ2) is 35.5. The van der Waals surface area contributed by atoms with Gasteiger partial charge in [0.2, 0.25) is 0 Å². The molecule has 61 heavy (non-hydrogen) atoms. The second-order valence-corrected chi connectivity index (χ2v) is 17.0. The zero-order valence-corrected chi connectivity index (χ0v) is 38.5. The number of carbonyl (C=O) groups excluding carboxylic acids is 2. The smallest absolute Gasteiger partial charge is 0.336 e. The molecular formula is C56H82O5. The number of rotatable bonds is 38. The predicted molar refractivity (Wildman–Crippen MR) is 259 cm³/mol. The first-order chi connectivity index (χ1) is 30.1. The monoisotopic (exact) mass is 835 g/mol. The number of esters is 1. The quantitative estimate of drug-likeness (QED) is 0.0189. The predicted octanol–water partition coefficient (Wildman–Crippen LogP) is 16.9. The molecule has 0 fully saturated rings. The van der Waals surface area contributed by atoms with Gasteiger partial charge in [-0.05, 0) is 72.5 Å². The van der Waals surface area contributed by atoms with Crippen molar-refractivity contribution >= 4 is 23.9 Å². The van der Waals surface area contributed by atoms with Gasteiger partial charge in [-0.2, -0.15) is 0 Å². The lowest BCUT2D eigenvalue weighted by Gasteiger charge is -2.07. The zero-order valence-electron chi connectivity index (χ0n) is 38.5. The molecule has 3 rings (SSSR count). The molecule has 0 saturated heterocycles. The first-order valence-corrected chi connectivity index (χ1v) is 24.8. The fourth-order valence-corrected chi connectivity index (χ4v) is 7.62. The van der Waals surface area contributed by atoms with Gasteiger partial charge in [-0.15, -0.1) is 0 Å². The Kier molecular flexibility index (Phi) is 29.8. The van der Waals surface area contributed by atoms with Crippen molar-refractivity contribution in [3.8, 4) is 17.2 Å². The number of hydrogen-bond acceptors (Lipinski definition) is 5. The zero-order chi connectivity index (χ0) is 43.3. The first kappa shape index (κ1) is 51.2. The van der Waals surface area contributed by atoms with Gasteiger partial charge in [0, 0.05) is 11.6 Å². The van der Waals surface area contributed by atoms with Crippen LogP contribution in [0.4, 0.5) is 0 Å². The number of benzene rings is 3. The molecule has 5 nitrogen and oxygen atoms in total. The van der Waals surface area contributed by atoms with Crippen LogP contribution in [0.2, 0.25) is 0 Å². The van der Waals surface area contributed by atoms with Crippen LogP contribution in [0.1, 0.15) is 215 Å². The van der Waals surface area contributed by atoms with Gasteiger partial charge in [-0.1, -0.05) is 223 Å². The van der Waals surface area contributed by atoms with Crippen LogP contribution in [-0.4, -0.2) is 25.0 Å². The van der Waals surface area contributed by atoms with E-state index in [1.165, 1.54) is 179 Å². The Bertz CT molecular complexity index is 1590. The molecule has 3 aromatic rings. The summed E-state index contributed by atoms with van der Waals surface area (Å²) in [5.41, 5.74) is 2.23. The number of allylic oxidation sites excluding steroid dienone is 1. The molecule has 0 N–H and O–H groups in total. The van der Waals surface area contributed by atoms with Gasteiger partial charge in [0.25, 0.3) is 0 Å². The third kappa shape index (κ3) is 26.7. The SMILES string of the molecule is CCCCCCCCCCCCCCCCCCOc1ccc(/C=C/C(=O)Oc2cccc(C(=O)/C=C/c3ccc(OCCCCCCCCCCCCCC)cc3)c2)cc1. The Hall–Kier alpha value is -4.12. The minimum Gasteiger partial charge on any atom is -0.494 e. The molecule has 0 radical (unpaired) electrons. The van der Waals surface area contributed by atoms with Crippen molar-refractivity contribution in [2.45, 2.75) is 194 Å². The number of hydrogen-bond donors (Lipinski definition) is 0. The van der Waals surface area contributed by atoms with E-state index in [0.29, 0.717) is 11.3 Å². The molecule has 0 aliphatic rings. The molecule has 0 aliphatic carbocycles. The average Bonchev–Trinajstić information content (AvgIpc) is 3.28. The minimum atomic E-state index is -0.509. The third-order valence-electron chi connectivity index (χ3n) is 11.5. The van der Waals surface area contributed by atoms with E-state index in [4.69, 9.17) is 14.2 Å². The fraction of sp³-hybridized carbons (Fsp3) is 0.571.